The van der Waals surface area contributed by atoms with E-state index in [-0.39, 0.29) is 24.3 Å². The summed E-state index contributed by atoms with van der Waals surface area (Å²) in [5, 5.41) is 5.77. The van der Waals surface area contributed by atoms with E-state index in [1.165, 1.54) is 12.8 Å². The molecule has 1 aromatic heterocycles. The predicted molar refractivity (Wildman–Crippen MR) is 113 cm³/mol. The summed E-state index contributed by atoms with van der Waals surface area (Å²) in [5.74, 6) is -0.159. The largest absolute Gasteiger partial charge is 0.477 e. The number of hydrogen-bond donors (Lipinski definition) is 2. The molecule has 1 aliphatic rings. The molecule has 7 heteroatoms. The molecule has 0 radical (unpaired) electrons. The Kier molecular flexibility index (Phi) is 7.05. The second-order valence-electron chi connectivity index (χ2n) is 7.16. The molecular formula is C22H28N4O3. The number of benzene rings is 1. The average molecular weight is 396 g/mol. The normalized spacial score (nSPS) is 14.3. The highest BCUT2D eigenvalue weighted by Gasteiger charge is 2.18. The van der Waals surface area contributed by atoms with E-state index in [0.717, 1.165) is 24.5 Å². The van der Waals surface area contributed by atoms with Gasteiger partial charge in [0.25, 0.3) is 5.91 Å². The molecule has 1 aromatic carbocycles. The summed E-state index contributed by atoms with van der Waals surface area (Å²) in [6, 6.07) is 10.9. The lowest BCUT2D eigenvalue weighted by Gasteiger charge is -2.19. The lowest BCUT2D eigenvalue weighted by atomic mass is 10.2. The molecular weight excluding hydrogens is 368 g/mol. The van der Waals surface area contributed by atoms with E-state index in [1.807, 2.05) is 25.1 Å². The molecule has 0 spiro atoms. The van der Waals surface area contributed by atoms with Crippen molar-refractivity contribution in [2.24, 2.45) is 0 Å². The van der Waals surface area contributed by atoms with Crippen molar-refractivity contribution in [1.82, 2.24) is 10.3 Å². The molecule has 0 aliphatic carbocycles. The Morgan fingerprint density at radius 3 is 2.76 bits per heavy atom. The molecule has 2 aromatic rings. The molecule has 1 atom stereocenters. The Labute approximate surface area is 171 Å². The smallest absolute Gasteiger partial charge is 0.256 e. The van der Waals surface area contributed by atoms with Crippen molar-refractivity contribution in [3.63, 3.8) is 0 Å². The number of amides is 2. The van der Waals surface area contributed by atoms with Gasteiger partial charge in [0.1, 0.15) is 5.56 Å². The molecule has 1 unspecified atom stereocenters. The van der Waals surface area contributed by atoms with E-state index in [2.05, 4.69) is 26.6 Å². The van der Waals surface area contributed by atoms with Crippen molar-refractivity contribution in [3.05, 3.63) is 48.2 Å². The maximum Gasteiger partial charge on any atom is 0.256 e. The number of pyridine rings is 1. The molecule has 3 rings (SSSR count). The number of carbonyl (C=O) groups excluding carboxylic acids is 2. The summed E-state index contributed by atoms with van der Waals surface area (Å²) < 4.78 is 5.40. The van der Waals surface area contributed by atoms with Crippen LogP contribution in [0.4, 0.5) is 11.4 Å². The van der Waals surface area contributed by atoms with Gasteiger partial charge in [-0.3, -0.25) is 9.59 Å². The van der Waals surface area contributed by atoms with Crippen LogP contribution in [-0.4, -0.2) is 42.5 Å². The van der Waals surface area contributed by atoms with Gasteiger partial charge in [-0.15, -0.1) is 0 Å². The minimum absolute atomic E-state index is 0.146. The summed E-state index contributed by atoms with van der Waals surface area (Å²) in [5.41, 5.74) is 2.26. The number of nitrogens with one attached hydrogen (secondary N) is 2. The molecule has 1 saturated heterocycles. The second kappa shape index (κ2) is 9.91. The van der Waals surface area contributed by atoms with Gasteiger partial charge in [0.15, 0.2) is 0 Å². The molecule has 29 heavy (non-hydrogen) atoms. The van der Waals surface area contributed by atoms with Crippen molar-refractivity contribution in [2.45, 2.75) is 39.2 Å². The number of anilines is 2. The zero-order valence-corrected chi connectivity index (χ0v) is 17.0. The molecule has 1 aliphatic heterocycles. The number of nitrogens with zero attached hydrogens (tertiary/aromatic N) is 2. The fourth-order valence-electron chi connectivity index (χ4n) is 3.41. The highest BCUT2D eigenvalue weighted by Crippen LogP contribution is 2.23. The van der Waals surface area contributed by atoms with E-state index < -0.39 is 0 Å². The van der Waals surface area contributed by atoms with Gasteiger partial charge >= 0.3 is 0 Å². The Morgan fingerprint density at radius 1 is 1.21 bits per heavy atom. The second-order valence-corrected chi connectivity index (χ2v) is 7.16. The summed E-state index contributed by atoms with van der Waals surface area (Å²) in [7, 11) is 0. The molecule has 0 saturated carbocycles. The van der Waals surface area contributed by atoms with Crippen LogP contribution < -0.4 is 20.3 Å². The minimum Gasteiger partial charge on any atom is -0.477 e. The summed E-state index contributed by atoms with van der Waals surface area (Å²) >= 11 is 0. The van der Waals surface area contributed by atoms with Crippen LogP contribution in [-0.2, 0) is 4.79 Å². The first-order chi connectivity index (χ1) is 14.1. The number of hydrogen-bond acceptors (Lipinski definition) is 5. The summed E-state index contributed by atoms with van der Waals surface area (Å²) in [6.45, 7) is 6.17. The van der Waals surface area contributed by atoms with Gasteiger partial charge in [-0.1, -0.05) is 6.07 Å². The van der Waals surface area contributed by atoms with Crippen molar-refractivity contribution < 1.29 is 14.3 Å². The van der Waals surface area contributed by atoms with E-state index in [1.54, 1.807) is 25.3 Å². The average Bonchev–Trinajstić information content (AvgIpc) is 3.23. The Morgan fingerprint density at radius 2 is 2.00 bits per heavy atom. The van der Waals surface area contributed by atoms with Crippen LogP contribution in [0.1, 0.15) is 43.5 Å². The van der Waals surface area contributed by atoms with Gasteiger partial charge in [0.05, 0.1) is 6.61 Å². The lowest BCUT2D eigenvalue weighted by molar-refractivity contribution is -0.116. The third-order valence-corrected chi connectivity index (χ3v) is 4.77. The number of ether oxygens (including phenoxy) is 1. The fraction of sp³-hybridized carbons (Fsp3) is 0.409. The maximum absolute atomic E-state index is 12.5. The third kappa shape index (κ3) is 5.70. The lowest BCUT2D eigenvalue weighted by Crippen LogP contribution is -2.35. The van der Waals surface area contributed by atoms with Gasteiger partial charge in [-0.2, -0.15) is 0 Å². The topological polar surface area (TPSA) is 83.6 Å². The van der Waals surface area contributed by atoms with Crippen LogP contribution in [0.5, 0.6) is 5.88 Å². The SMILES string of the molecule is CCOc1ncccc1C(=O)NC(C)CC(=O)Nc1cccc(N2CCCC2)c1. The maximum atomic E-state index is 12.5. The number of aromatic nitrogens is 1. The summed E-state index contributed by atoms with van der Waals surface area (Å²) in [6.07, 6.45) is 4.16. The van der Waals surface area contributed by atoms with Gasteiger partial charge < -0.3 is 20.3 Å². The zero-order chi connectivity index (χ0) is 20.6. The number of rotatable bonds is 8. The molecule has 154 valence electrons. The highest BCUT2D eigenvalue weighted by molar-refractivity contribution is 5.97. The van der Waals surface area contributed by atoms with Crippen LogP contribution in [0.3, 0.4) is 0 Å². The Bertz CT molecular complexity index is 849. The molecule has 2 N–H and O–H groups in total. The molecule has 7 nitrogen and oxygen atoms in total. The van der Waals surface area contributed by atoms with Crippen LogP contribution >= 0.6 is 0 Å². The van der Waals surface area contributed by atoms with Crippen LogP contribution in [0.25, 0.3) is 0 Å². The van der Waals surface area contributed by atoms with Gasteiger partial charge in [-0.05, 0) is 57.0 Å². The van der Waals surface area contributed by atoms with Crippen LogP contribution in [0, 0.1) is 0 Å². The van der Waals surface area contributed by atoms with E-state index >= 15 is 0 Å². The summed E-state index contributed by atoms with van der Waals surface area (Å²) in [4.78, 5) is 31.4. The first kappa shape index (κ1) is 20.6. The molecule has 1 fully saturated rings. The minimum atomic E-state index is -0.334. The van der Waals surface area contributed by atoms with Crippen LogP contribution in [0.2, 0.25) is 0 Å². The predicted octanol–water partition coefficient (Wildman–Crippen LogP) is 3.23. The first-order valence-corrected chi connectivity index (χ1v) is 10.1. The van der Waals surface area contributed by atoms with E-state index in [9.17, 15) is 9.59 Å². The first-order valence-electron chi connectivity index (χ1n) is 10.1. The molecule has 2 heterocycles. The highest BCUT2D eigenvalue weighted by atomic mass is 16.5. The van der Waals surface area contributed by atoms with E-state index in [4.69, 9.17) is 4.74 Å². The molecule has 2 amide bonds. The van der Waals surface area contributed by atoms with Gasteiger partial charge in [-0.25, -0.2) is 4.98 Å². The van der Waals surface area contributed by atoms with Gasteiger partial charge in [0, 0.05) is 43.1 Å². The quantitative estimate of drug-likeness (QED) is 0.716. The van der Waals surface area contributed by atoms with Gasteiger partial charge in [0.2, 0.25) is 11.8 Å². The van der Waals surface area contributed by atoms with Crippen LogP contribution in [0.15, 0.2) is 42.6 Å². The van der Waals surface area contributed by atoms with Crippen molar-refractivity contribution in [3.8, 4) is 5.88 Å². The Hall–Kier alpha value is -3.09. The van der Waals surface area contributed by atoms with E-state index in [0.29, 0.717) is 18.1 Å². The standard InChI is InChI=1S/C22H28N4O3/c1-3-29-22-19(10-7-11-23-22)21(28)24-16(2)14-20(27)25-17-8-6-9-18(15-17)26-12-4-5-13-26/h6-11,15-16H,3-5,12-14H2,1-2H3,(H,24,28)(H,25,27). The van der Waals surface area contributed by atoms with Crippen molar-refractivity contribution in [2.75, 3.05) is 29.9 Å². The van der Waals surface area contributed by atoms with Crippen molar-refractivity contribution >= 4 is 23.2 Å². The third-order valence-electron chi connectivity index (χ3n) is 4.77. The molecule has 0 bridgehead atoms. The Balaban J connectivity index is 1.54. The number of carbonyl (C=O) groups is 2. The zero-order valence-electron chi connectivity index (χ0n) is 17.0. The monoisotopic (exact) mass is 396 g/mol. The van der Waals surface area contributed by atoms with Crippen molar-refractivity contribution in [1.29, 1.82) is 0 Å². The fourth-order valence-corrected chi connectivity index (χ4v) is 3.41.